The lowest BCUT2D eigenvalue weighted by molar-refractivity contribution is 0.00744. The van der Waals surface area contributed by atoms with E-state index in [4.69, 9.17) is 4.74 Å². The summed E-state index contributed by atoms with van der Waals surface area (Å²) in [5.74, 6) is 0. The van der Waals surface area contributed by atoms with Crippen LogP contribution in [-0.4, -0.2) is 19.8 Å². The summed E-state index contributed by atoms with van der Waals surface area (Å²) < 4.78 is 5.48. The highest BCUT2D eigenvalue weighted by atomic mass is 16.5. The Labute approximate surface area is 99.0 Å². The first-order valence-electron chi connectivity index (χ1n) is 5.77. The lowest BCUT2D eigenvalue weighted by Crippen LogP contribution is -2.30. The summed E-state index contributed by atoms with van der Waals surface area (Å²) >= 11 is 0. The van der Waals surface area contributed by atoms with Crippen LogP contribution >= 0.6 is 0 Å². The molecule has 0 bridgehead atoms. The maximum atomic E-state index is 5.48. The van der Waals surface area contributed by atoms with E-state index in [-0.39, 0.29) is 5.60 Å². The van der Waals surface area contributed by atoms with Gasteiger partial charge in [-0.15, -0.1) is 0 Å². The van der Waals surface area contributed by atoms with Crippen molar-refractivity contribution >= 4 is 0 Å². The van der Waals surface area contributed by atoms with Crippen LogP contribution in [0.2, 0.25) is 0 Å². The average Bonchev–Trinajstić information content (AvgIpc) is 2.26. The molecule has 0 aliphatic carbocycles. The normalized spacial score (nSPS) is 13.8. The standard InChI is InChI=1S/C14H23NO/c1-11-7-6-8-12(9-11)13(15-4)10-14(2,3)16-5/h6-9,13,15H,10H2,1-5H3. The molecule has 2 nitrogen and oxygen atoms in total. The largest absolute Gasteiger partial charge is 0.379 e. The first-order chi connectivity index (χ1) is 7.48. The van der Waals surface area contributed by atoms with Crippen LogP contribution < -0.4 is 5.32 Å². The van der Waals surface area contributed by atoms with Crippen molar-refractivity contribution in [3.8, 4) is 0 Å². The van der Waals surface area contributed by atoms with Crippen molar-refractivity contribution in [1.29, 1.82) is 0 Å². The van der Waals surface area contributed by atoms with Gasteiger partial charge in [0.2, 0.25) is 0 Å². The second kappa shape index (κ2) is 5.46. The van der Waals surface area contributed by atoms with Crippen LogP contribution in [0.5, 0.6) is 0 Å². The van der Waals surface area contributed by atoms with E-state index in [1.54, 1.807) is 7.11 Å². The molecule has 0 spiro atoms. The fraction of sp³-hybridized carbons (Fsp3) is 0.571. The van der Waals surface area contributed by atoms with E-state index in [2.05, 4.69) is 50.4 Å². The first kappa shape index (κ1) is 13.2. The lowest BCUT2D eigenvalue weighted by Gasteiger charge is -2.28. The molecule has 1 atom stereocenters. The number of rotatable bonds is 5. The van der Waals surface area contributed by atoms with Gasteiger partial charge in [-0.3, -0.25) is 0 Å². The molecule has 0 saturated heterocycles. The number of methoxy groups -OCH3 is 1. The predicted octanol–water partition coefficient (Wildman–Crippen LogP) is 3.07. The summed E-state index contributed by atoms with van der Waals surface area (Å²) in [5, 5.41) is 3.36. The van der Waals surface area contributed by atoms with Crippen molar-refractivity contribution in [2.45, 2.75) is 38.8 Å². The van der Waals surface area contributed by atoms with Crippen LogP contribution in [0.25, 0.3) is 0 Å². The summed E-state index contributed by atoms with van der Waals surface area (Å²) in [4.78, 5) is 0. The molecular weight excluding hydrogens is 198 g/mol. The minimum absolute atomic E-state index is 0.0998. The smallest absolute Gasteiger partial charge is 0.0640 e. The summed E-state index contributed by atoms with van der Waals surface area (Å²) in [6.45, 7) is 6.36. The lowest BCUT2D eigenvalue weighted by atomic mass is 9.93. The third kappa shape index (κ3) is 3.62. The van der Waals surface area contributed by atoms with Gasteiger partial charge in [-0.1, -0.05) is 29.8 Å². The number of hydrogen-bond donors (Lipinski definition) is 1. The Hall–Kier alpha value is -0.860. The molecule has 0 heterocycles. The highest BCUT2D eigenvalue weighted by Gasteiger charge is 2.22. The molecule has 1 rings (SSSR count). The van der Waals surface area contributed by atoms with E-state index in [1.807, 2.05) is 7.05 Å². The van der Waals surface area contributed by atoms with Crippen LogP contribution in [0.1, 0.15) is 37.4 Å². The summed E-state index contributed by atoms with van der Waals surface area (Å²) in [7, 11) is 3.77. The average molecular weight is 221 g/mol. The zero-order valence-electron chi connectivity index (χ0n) is 11.0. The van der Waals surface area contributed by atoms with Gasteiger partial charge in [0, 0.05) is 13.2 Å². The van der Waals surface area contributed by atoms with Gasteiger partial charge in [-0.05, 0) is 39.8 Å². The van der Waals surface area contributed by atoms with Crippen molar-refractivity contribution < 1.29 is 4.74 Å². The van der Waals surface area contributed by atoms with Crippen LogP contribution in [-0.2, 0) is 4.74 Å². The highest BCUT2D eigenvalue weighted by Crippen LogP contribution is 2.26. The van der Waals surface area contributed by atoms with Crippen LogP contribution in [0.4, 0.5) is 0 Å². The first-order valence-corrected chi connectivity index (χ1v) is 5.77. The summed E-state index contributed by atoms with van der Waals surface area (Å²) in [5.41, 5.74) is 2.53. The fourth-order valence-corrected chi connectivity index (χ4v) is 1.85. The molecule has 0 amide bonds. The molecule has 0 radical (unpaired) electrons. The van der Waals surface area contributed by atoms with Crippen LogP contribution in [0.15, 0.2) is 24.3 Å². The van der Waals surface area contributed by atoms with Gasteiger partial charge in [-0.25, -0.2) is 0 Å². The highest BCUT2D eigenvalue weighted by molar-refractivity contribution is 5.25. The Bertz CT molecular complexity index is 333. The van der Waals surface area contributed by atoms with Gasteiger partial charge >= 0.3 is 0 Å². The molecule has 2 heteroatoms. The molecular formula is C14H23NO. The van der Waals surface area contributed by atoms with E-state index >= 15 is 0 Å². The van der Waals surface area contributed by atoms with Crippen LogP contribution in [0.3, 0.4) is 0 Å². The Kier molecular flexibility index (Phi) is 4.51. The van der Waals surface area contributed by atoms with Crippen molar-refractivity contribution in [2.75, 3.05) is 14.2 Å². The molecule has 0 fully saturated rings. The number of ether oxygens (including phenoxy) is 1. The Morgan fingerprint density at radius 3 is 2.56 bits per heavy atom. The monoisotopic (exact) mass is 221 g/mol. The fourth-order valence-electron chi connectivity index (χ4n) is 1.85. The topological polar surface area (TPSA) is 21.3 Å². The molecule has 1 aromatic rings. The third-order valence-electron chi connectivity index (χ3n) is 3.04. The van der Waals surface area contributed by atoms with E-state index in [9.17, 15) is 0 Å². The zero-order chi connectivity index (χ0) is 12.2. The van der Waals surface area contributed by atoms with E-state index < -0.39 is 0 Å². The summed E-state index contributed by atoms with van der Waals surface area (Å²) in [6.07, 6.45) is 0.962. The predicted molar refractivity (Wildman–Crippen MR) is 68.7 cm³/mol. The Morgan fingerprint density at radius 2 is 2.06 bits per heavy atom. The van der Waals surface area contributed by atoms with Gasteiger partial charge in [0.15, 0.2) is 0 Å². The molecule has 1 N–H and O–H groups in total. The molecule has 0 aromatic heterocycles. The Morgan fingerprint density at radius 1 is 1.38 bits per heavy atom. The maximum absolute atomic E-state index is 5.48. The van der Waals surface area contributed by atoms with Gasteiger partial charge < -0.3 is 10.1 Å². The van der Waals surface area contributed by atoms with Gasteiger partial charge in [0.1, 0.15) is 0 Å². The Balaban J connectivity index is 2.82. The number of aryl methyl sites for hydroxylation is 1. The van der Waals surface area contributed by atoms with Crippen molar-refractivity contribution in [3.05, 3.63) is 35.4 Å². The van der Waals surface area contributed by atoms with Crippen molar-refractivity contribution in [2.24, 2.45) is 0 Å². The summed E-state index contributed by atoms with van der Waals surface area (Å²) in [6, 6.07) is 8.97. The van der Waals surface area contributed by atoms with Gasteiger partial charge in [0.05, 0.1) is 5.60 Å². The maximum Gasteiger partial charge on any atom is 0.0640 e. The molecule has 90 valence electrons. The van der Waals surface area contributed by atoms with Gasteiger partial charge in [0.25, 0.3) is 0 Å². The second-order valence-corrected chi connectivity index (χ2v) is 4.92. The van der Waals surface area contributed by atoms with Gasteiger partial charge in [-0.2, -0.15) is 0 Å². The zero-order valence-corrected chi connectivity index (χ0v) is 11.0. The number of benzene rings is 1. The quantitative estimate of drug-likeness (QED) is 0.825. The van der Waals surface area contributed by atoms with E-state index in [0.29, 0.717) is 6.04 Å². The second-order valence-electron chi connectivity index (χ2n) is 4.92. The van der Waals surface area contributed by atoms with E-state index in [1.165, 1.54) is 11.1 Å². The molecule has 16 heavy (non-hydrogen) atoms. The van der Waals surface area contributed by atoms with Crippen molar-refractivity contribution in [1.82, 2.24) is 5.32 Å². The van der Waals surface area contributed by atoms with Crippen LogP contribution in [0, 0.1) is 6.92 Å². The third-order valence-corrected chi connectivity index (χ3v) is 3.04. The minimum atomic E-state index is -0.0998. The molecule has 0 saturated carbocycles. The SMILES string of the molecule is CNC(CC(C)(C)OC)c1cccc(C)c1. The molecule has 1 aromatic carbocycles. The molecule has 0 aliphatic rings. The van der Waals surface area contributed by atoms with E-state index in [0.717, 1.165) is 6.42 Å². The molecule has 1 unspecified atom stereocenters. The van der Waals surface area contributed by atoms with Crippen molar-refractivity contribution in [3.63, 3.8) is 0 Å². The number of hydrogen-bond acceptors (Lipinski definition) is 2. The minimum Gasteiger partial charge on any atom is -0.379 e. The number of nitrogens with one attached hydrogen (secondary N) is 1. The molecule has 0 aliphatic heterocycles.